The monoisotopic (exact) mass is 693 g/mol. The Hall–Kier alpha value is -4.19. The Bertz CT molecular complexity index is 1650. The molecule has 1 atom stereocenters. The van der Waals surface area contributed by atoms with Crippen LogP contribution >= 0.6 is 0 Å². The van der Waals surface area contributed by atoms with E-state index in [4.69, 9.17) is 9.73 Å². The molecular formula is C37H51N5O6S. The van der Waals surface area contributed by atoms with Gasteiger partial charge in [0.1, 0.15) is 10.6 Å². The van der Waals surface area contributed by atoms with E-state index in [-0.39, 0.29) is 28.7 Å². The number of nitrogens with one attached hydrogen (secondary N) is 1. The largest absolute Gasteiger partial charge is 0.491 e. The van der Waals surface area contributed by atoms with E-state index in [0.717, 1.165) is 51.4 Å². The molecule has 2 heterocycles. The number of carbonyl (C=O) groups is 2. The molecule has 1 aromatic heterocycles. The van der Waals surface area contributed by atoms with Gasteiger partial charge in [0.15, 0.2) is 17.6 Å². The number of amides is 1. The number of fused-ring (bicyclic) bond motifs is 1. The molecule has 2 N–H and O–H groups in total. The smallest absolute Gasteiger partial charge is 0.356 e. The van der Waals surface area contributed by atoms with Crippen molar-refractivity contribution in [2.24, 2.45) is 4.99 Å². The topological polar surface area (TPSA) is 143 Å². The molecule has 0 aliphatic carbocycles. The summed E-state index contributed by atoms with van der Waals surface area (Å²) in [4.78, 5) is 34.9. The van der Waals surface area contributed by atoms with Crippen molar-refractivity contribution in [3.63, 3.8) is 0 Å². The Kier molecular flexibility index (Phi) is 14.7. The standard InChI is InChI=1S/C37H51N5O6S/c1-3-5-7-9-10-11-12-13-14-19-25-42-35(39-30-22-16-18-24-33(30)49(42,46)47)34(41-27-31(37(44)45)38-28-41)36(43)40-29-21-15-17-23-32(29)48-26-20-8-6-4-2/h15-18,21-24,27-28,34H,3-14,19-20,25-26H2,1-2H3,(H,40,43)(H,44,45). The molecule has 0 radical (unpaired) electrons. The lowest BCUT2D eigenvalue weighted by Crippen LogP contribution is -2.47. The number of nitrogens with zero attached hydrogens (tertiary/aromatic N) is 4. The SMILES string of the molecule is CCCCCCCCCCCCN1C(C(C(=O)Nc2ccccc2OCCCCCC)n2cnc(C(=O)O)c2)=Nc2ccccc2S1(=O)=O. The van der Waals surface area contributed by atoms with Gasteiger partial charge >= 0.3 is 5.97 Å². The molecule has 49 heavy (non-hydrogen) atoms. The zero-order valence-corrected chi connectivity index (χ0v) is 29.7. The number of hydrogen-bond acceptors (Lipinski definition) is 7. The second-order valence-electron chi connectivity index (χ2n) is 12.5. The Morgan fingerprint density at radius 3 is 2.12 bits per heavy atom. The van der Waals surface area contributed by atoms with Gasteiger partial charge in [0.25, 0.3) is 15.9 Å². The summed E-state index contributed by atoms with van der Waals surface area (Å²) >= 11 is 0. The third-order valence-electron chi connectivity index (χ3n) is 8.65. The molecule has 0 spiro atoms. The minimum atomic E-state index is -4.09. The maximum absolute atomic E-state index is 14.3. The van der Waals surface area contributed by atoms with Crippen LogP contribution in [-0.2, 0) is 14.8 Å². The molecule has 0 fully saturated rings. The zero-order chi connectivity index (χ0) is 35.1. The number of aromatic carboxylic acids is 1. The number of rotatable bonds is 22. The second kappa shape index (κ2) is 19.1. The van der Waals surface area contributed by atoms with E-state index in [0.29, 0.717) is 24.5 Å². The van der Waals surface area contributed by atoms with E-state index in [1.54, 1.807) is 36.4 Å². The lowest BCUT2D eigenvalue weighted by atomic mass is 10.1. The quantitative estimate of drug-likeness (QED) is 0.101. The van der Waals surface area contributed by atoms with E-state index >= 15 is 0 Å². The summed E-state index contributed by atoms with van der Waals surface area (Å²) in [6, 6.07) is 12.1. The highest BCUT2D eigenvalue weighted by atomic mass is 32.2. The molecule has 12 heteroatoms. The number of carboxylic acid groups (broad SMARTS) is 1. The average Bonchev–Trinajstić information content (AvgIpc) is 3.57. The molecule has 1 unspecified atom stereocenters. The van der Waals surface area contributed by atoms with E-state index in [1.807, 2.05) is 6.07 Å². The molecule has 1 aliphatic heterocycles. The molecule has 1 amide bonds. The number of imidazole rings is 1. The molecule has 0 saturated heterocycles. The minimum Gasteiger partial charge on any atom is -0.491 e. The number of carboxylic acids is 1. The predicted octanol–water partition coefficient (Wildman–Crippen LogP) is 8.38. The highest BCUT2D eigenvalue weighted by molar-refractivity contribution is 7.90. The molecular weight excluding hydrogens is 643 g/mol. The van der Waals surface area contributed by atoms with Crippen molar-refractivity contribution in [3.05, 3.63) is 66.7 Å². The first-order chi connectivity index (χ1) is 23.8. The van der Waals surface area contributed by atoms with Gasteiger partial charge in [0.05, 0.1) is 24.3 Å². The lowest BCUT2D eigenvalue weighted by molar-refractivity contribution is -0.117. The van der Waals surface area contributed by atoms with Gasteiger partial charge in [0.2, 0.25) is 0 Å². The molecule has 3 aromatic rings. The van der Waals surface area contributed by atoms with Crippen molar-refractivity contribution < 1.29 is 27.9 Å². The lowest BCUT2D eigenvalue weighted by Gasteiger charge is -2.33. The number of carbonyl (C=O) groups excluding carboxylic acids is 1. The molecule has 4 rings (SSSR count). The van der Waals surface area contributed by atoms with Crippen molar-refractivity contribution in [1.82, 2.24) is 13.9 Å². The molecule has 11 nitrogen and oxygen atoms in total. The number of hydrogen-bond donors (Lipinski definition) is 2. The third kappa shape index (κ3) is 10.4. The first-order valence-corrected chi connectivity index (χ1v) is 19.2. The predicted molar refractivity (Wildman–Crippen MR) is 192 cm³/mol. The fourth-order valence-electron chi connectivity index (χ4n) is 5.95. The highest BCUT2D eigenvalue weighted by Crippen LogP contribution is 2.36. The van der Waals surface area contributed by atoms with Gasteiger partial charge in [-0.2, -0.15) is 0 Å². The number of anilines is 1. The Morgan fingerprint density at radius 1 is 0.837 bits per heavy atom. The molecule has 2 aromatic carbocycles. The van der Waals surface area contributed by atoms with Gasteiger partial charge < -0.3 is 19.7 Å². The van der Waals surface area contributed by atoms with Crippen LogP contribution < -0.4 is 10.1 Å². The number of ether oxygens (including phenoxy) is 1. The van der Waals surface area contributed by atoms with E-state index < -0.39 is 27.9 Å². The van der Waals surface area contributed by atoms with Crippen LogP contribution in [0.25, 0.3) is 0 Å². The number of para-hydroxylation sites is 3. The third-order valence-corrected chi connectivity index (χ3v) is 10.5. The van der Waals surface area contributed by atoms with E-state index in [9.17, 15) is 23.1 Å². The maximum Gasteiger partial charge on any atom is 0.356 e. The first-order valence-electron chi connectivity index (χ1n) is 17.8. The molecule has 266 valence electrons. The van der Waals surface area contributed by atoms with Crippen LogP contribution in [0.2, 0.25) is 0 Å². The number of aliphatic imine (C=N–C) groups is 1. The van der Waals surface area contributed by atoms with Crippen LogP contribution in [0.1, 0.15) is 120 Å². The molecule has 1 aliphatic rings. The summed E-state index contributed by atoms with van der Waals surface area (Å²) in [7, 11) is -4.09. The highest BCUT2D eigenvalue weighted by Gasteiger charge is 2.41. The van der Waals surface area contributed by atoms with E-state index in [2.05, 4.69) is 24.1 Å². The molecule has 0 saturated carbocycles. The van der Waals surface area contributed by atoms with Crippen LogP contribution in [0.15, 0.2) is 70.9 Å². The number of benzene rings is 2. The van der Waals surface area contributed by atoms with Crippen molar-refractivity contribution in [2.45, 2.75) is 115 Å². The van der Waals surface area contributed by atoms with Gasteiger partial charge in [-0.3, -0.25) is 9.10 Å². The maximum atomic E-state index is 14.3. The van der Waals surface area contributed by atoms with Crippen LogP contribution in [-0.4, -0.2) is 58.2 Å². The first kappa shape index (κ1) is 37.6. The summed E-state index contributed by atoms with van der Waals surface area (Å²) in [5, 5.41) is 12.5. The fourth-order valence-corrected chi connectivity index (χ4v) is 7.57. The Balaban J connectivity index is 1.61. The number of unbranched alkanes of at least 4 members (excludes halogenated alkanes) is 12. The number of sulfonamides is 1. The van der Waals surface area contributed by atoms with Gasteiger partial charge in [-0.05, 0) is 37.1 Å². The summed E-state index contributed by atoms with van der Waals surface area (Å²) < 4.78 is 36.9. The van der Waals surface area contributed by atoms with Crippen molar-refractivity contribution in [1.29, 1.82) is 0 Å². The summed E-state index contributed by atoms with van der Waals surface area (Å²) in [6.45, 7) is 4.95. The van der Waals surface area contributed by atoms with Gasteiger partial charge in [0, 0.05) is 12.7 Å². The summed E-state index contributed by atoms with van der Waals surface area (Å²) in [6.07, 6.45) is 17.4. The zero-order valence-electron chi connectivity index (χ0n) is 28.9. The van der Waals surface area contributed by atoms with Gasteiger partial charge in [-0.1, -0.05) is 115 Å². The summed E-state index contributed by atoms with van der Waals surface area (Å²) in [5.41, 5.74) is 0.339. The minimum absolute atomic E-state index is 0.0283. The van der Waals surface area contributed by atoms with Crippen LogP contribution in [0, 0.1) is 0 Å². The van der Waals surface area contributed by atoms with Crippen molar-refractivity contribution in [3.8, 4) is 5.75 Å². The van der Waals surface area contributed by atoms with Gasteiger partial charge in [-0.15, -0.1) is 0 Å². The second-order valence-corrected chi connectivity index (χ2v) is 14.3. The van der Waals surface area contributed by atoms with Crippen molar-refractivity contribution in [2.75, 3.05) is 18.5 Å². The number of amidine groups is 1. The van der Waals surface area contributed by atoms with E-state index in [1.165, 1.54) is 59.6 Å². The number of aromatic nitrogens is 2. The van der Waals surface area contributed by atoms with Gasteiger partial charge in [-0.25, -0.2) is 23.2 Å². The average molecular weight is 694 g/mol. The molecule has 0 bridgehead atoms. The van der Waals surface area contributed by atoms with Crippen LogP contribution in [0.3, 0.4) is 0 Å². The van der Waals surface area contributed by atoms with Crippen molar-refractivity contribution >= 4 is 39.1 Å². The van der Waals surface area contributed by atoms with Crippen LogP contribution in [0.5, 0.6) is 5.75 Å². The Labute approximate surface area is 290 Å². The Morgan fingerprint density at radius 2 is 1.45 bits per heavy atom. The van der Waals surface area contributed by atoms with Crippen LogP contribution in [0.4, 0.5) is 11.4 Å². The summed E-state index contributed by atoms with van der Waals surface area (Å²) in [5.74, 6) is -1.43. The normalized spacial score (nSPS) is 14.2. The fraction of sp³-hybridized carbons (Fsp3) is 0.514.